The van der Waals surface area contributed by atoms with E-state index in [0.717, 1.165) is 19.3 Å². The van der Waals surface area contributed by atoms with Crippen LogP contribution in [0.25, 0.3) is 0 Å². The number of thiophene rings is 1. The molecule has 0 aromatic carbocycles. The van der Waals surface area contributed by atoms with Gasteiger partial charge in [0.2, 0.25) is 0 Å². The number of rotatable bonds is 5. The van der Waals surface area contributed by atoms with Gasteiger partial charge in [-0.2, -0.15) is 0 Å². The lowest BCUT2D eigenvalue weighted by Gasteiger charge is -2.12. The first-order valence-electron chi connectivity index (χ1n) is 4.52. The van der Waals surface area contributed by atoms with E-state index >= 15 is 0 Å². The maximum atomic E-state index is 5.21. The van der Waals surface area contributed by atoms with Gasteiger partial charge in [0.25, 0.3) is 0 Å². The zero-order valence-corrected chi connectivity index (χ0v) is 8.73. The second kappa shape index (κ2) is 5.80. The minimum absolute atomic E-state index is 0.480. The first-order chi connectivity index (χ1) is 6.38. The molecule has 1 heterocycles. The Hall–Kier alpha value is -0.780. The molecule has 0 radical (unpaired) electrons. The van der Waals surface area contributed by atoms with Crippen LogP contribution in [0.1, 0.15) is 30.2 Å². The summed E-state index contributed by atoms with van der Waals surface area (Å²) in [6, 6.07) is 4.74. The van der Waals surface area contributed by atoms with Crippen molar-refractivity contribution < 1.29 is 0 Å². The fourth-order valence-electron chi connectivity index (χ4n) is 1.33. The molecule has 1 aromatic heterocycles. The predicted molar refractivity (Wildman–Crippen MR) is 58.8 cm³/mol. The summed E-state index contributed by atoms with van der Waals surface area (Å²) < 4.78 is 0. The van der Waals surface area contributed by atoms with Gasteiger partial charge in [-0.25, -0.2) is 0 Å². The minimum Gasteiger partial charge on any atom is -0.312 e. The molecule has 70 valence electrons. The van der Waals surface area contributed by atoms with Crippen LogP contribution >= 0.6 is 11.3 Å². The third-order valence-electron chi connectivity index (χ3n) is 2.05. The molecule has 0 aliphatic rings. The van der Waals surface area contributed by atoms with Crippen molar-refractivity contribution in [2.24, 2.45) is 0 Å². The Labute approximate surface area is 84.2 Å². The minimum atomic E-state index is 0.480. The summed E-state index contributed by atoms with van der Waals surface area (Å²) in [6.07, 6.45) is 8.31. The van der Waals surface area contributed by atoms with Crippen molar-refractivity contribution in [3.8, 4) is 12.3 Å². The van der Waals surface area contributed by atoms with E-state index in [0.29, 0.717) is 6.04 Å². The van der Waals surface area contributed by atoms with Crippen LogP contribution in [0, 0.1) is 12.3 Å². The van der Waals surface area contributed by atoms with Gasteiger partial charge >= 0.3 is 0 Å². The van der Waals surface area contributed by atoms with Crippen molar-refractivity contribution in [3.05, 3.63) is 22.4 Å². The van der Waals surface area contributed by atoms with Gasteiger partial charge in [-0.3, -0.25) is 0 Å². The van der Waals surface area contributed by atoms with Gasteiger partial charge in [-0.15, -0.1) is 23.7 Å². The van der Waals surface area contributed by atoms with Crippen LogP contribution in [0.4, 0.5) is 0 Å². The molecule has 0 aliphatic carbocycles. The number of unbranched alkanes of at least 4 members (excludes halogenated alkanes) is 1. The second-order valence-corrected chi connectivity index (χ2v) is 3.93. The molecule has 0 spiro atoms. The van der Waals surface area contributed by atoms with Gasteiger partial charge in [0.15, 0.2) is 0 Å². The summed E-state index contributed by atoms with van der Waals surface area (Å²) >= 11 is 1.80. The largest absolute Gasteiger partial charge is 0.312 e. The Bertz CT molecular complexity index is 258. The molecule has 0 amide bonds. The van der Waals surface area contributed by atoms with E-state index in [4.69, 9.17) is 6.42 Å². The second-order valence-electron chi connectivity index (χ2n) is 2.95. The molecule has 0 saturated carbocycles. The van der Waals surface area contributed by atoms with Gasteiger partial charge < -0.3 is 5.32 Å². The summed E-state index contributed by atoms with van der Waals surface area (Å²) in [6.45, 7) is 0. The van der Waals surface area contributed by atoms with E-state index in [9.17, 15) is 0 Å². The van der Waals surface area contributed by atoms with Crippen LogP contribution in [0.2, 0.25) is 0 Å². The quantitative estimate of drug-likeness (QED) is 0.560. The summed E-state index contributed by atoms with van der Waals surface area (Å²) in [4.78, 5) is 1.40. The third kappa shape index (κ3) is 3.22. The highest BCUT2D eigenvalue weighted by atomic mass is 32.1. The van der Waals surface area contributed by atoms with E-state index in [2.05, 4.69) is 28.8 Å². The summed E-state index contributed by atoms with van der Waals surface area (Å²) in [7, 11) is 2.00. The Morgan fingerprint density at radius 2 is 2.54 bits per heavy atom. The lowest BCUT2D eigenvalue weighted by Crippen LogP contribution is -2.14. The Kier molecular flexibility index (Phi) is 4.59. The molecule has 0 aliphatic heterocycles. The van der Waals surface area contributed by atoms with Crippen molar-refractivity contribution in [1.82, 2.24) is 5.32 Å². The Morgan fingerprint density at radius 1 is 1.69 bits per heavy atom. The molecular formula is C11H15NS. The fraction of sp³-hybridized carbons (Fsp3) is 0.455. The summed E-state index contributed by atoms with van der Waals surface area (Å²) in [5.41, 5.74) is 0. The van der Waals surface area contributed by atoms with Crippen molar-refractivity contribution in [3.63, 3.8) is 0 Å². The standard InChI is InChI=1S/C11H15NS/c1-3-4-5-7-10(12-2)11-8-6-9-13-11/h1,6,8-10,12H,4-5,7H2,2H3. The molecule has 0 fully saturated rings. The SMILES string of the molecule is C#CCCCC(NC)c1cccs1. The van der Waals surface area contributed by atoms with Crippen molar-refractivity contribution >= 4 is 11.3 Å². The van der Waals surface area contributed by atoms with E-state index in [-0.39, 0.29) is 0 Å². The van der Waals surface area contributed by atoms with Crippen LogP contribution in [-0.4, -0.2) is 7.05 Å². The molecule has 13 heavy (non-hydrogen) atoms. The normalized spacial score (nSPS) is 12.3. The maximum absolute atomic E-state index is 5.21. The molecule has 1 atom stereocenters. The topological polar surface area (TPSA) is 12.0 Å². The van der Waals surface area contributed by atoms with Gasteiger partial charge in [0, 0.05) is 17.3 Å². The zero-order chi connectivity index (χ0) is 9.52. The Balaban J connectivity index is 2.41. The first kappa shape index (κ1) is 10.3. The monoisotopic (exact) mass is 193 g/mol. The van der Waals surface area contributed by atoms with Crippen LogP contribution in [-0.2, 0) is 0 Å². The summed E-state index contributed by atoms with van der Waals surface area (Å²) in [5, 5.41) is 5.42. The van der Waals surface area contributed by atoms with E-state index in [1.165, 1.54) is 4.88 Å². The number of terminal acetylenes is 1. The fourth-order valence-corrected chi connectivity index (χ4v) is 2.20. The lowest BCUT2D eigenvalue weighted by molar-refractivity contribution is 0.540. The molecule has 1 rings (SSSR count). The van der Waals surface area contributed by atoms with Crippen molar-refractivity contribution in [2.75, 3.05) is 7.05 Å². The first-order valence-corrected chi connectivity index (χ1v) is 5.40. The smallest absolute Gasteiger partial charge is 0.0412 e. The summed E-state index contributed by atoms with van der Waals surface area (Å²) in [5.74, 6) is 2.67. The molecule has 0 bridgehead atoms. The average Bonchev–Trinajstić information content (AvgIpc) is 2.65. The predicted octanol–water partition coefficient (Wildman–Crippen LogP) is 2.81. The van der Waals surface area contributed by atoms with Gasteiger partial charge in [0.1, 0.15) is 0 Å². The molecule has 1 N–H and O–H groups in total. The number of hydrogen-bond donors (Lipinski definition) is 1. The average molecular weight is 193 g/mol. The molecule has 1 aromatic rings. The molecule has 0 saturated heterocycles. The van der Waals surface area contributed by atoms with Crippen LogP contribution in [0.15, 0.2) is 17.5 Å². The van der Waals surface area contributed by atoms with Crippen LogP contribution < -0.4 is 5.32 Å². The van der Waals surface area contributed by atoms with Crippen LogP contribution in [0.3, 0.4) is 0 Å². The van der Waals surface area contributed by atoms with Crippen molar-refractivity contribution in [2.45, 2.75) is 25.3 Å². The van der Waals surface area contributed by atoms with Gasteiger partial charge in [-0.1, -0.05) is 6.07 Å². The zero-order valence-electron chi connectivity index (χ0n) is 7.92. The highest BCUT2D eigenvalue weighted by Crippen LogP contribution is 2.22. The van der Waals surface area contributed by atoms with Gasteiger partial charge in [0.05, 0.1) is 0 Å². The van der Waals surface area contributed by atoms with Crippen LogP contribution in [0.5, 0.6) is 0 Å². The number of hydrogen-bond acceptors (Lipinski definition) is 2. The maximum Gasteiger partial charge on any atom is 0.0412 e. The highest BCUT2D eigenvalue weighted by Gasteiger charge is 2.08. The highest BCUT2D eigenvalue weighted by molar-refractivity contribution is 7.10. The van der Waals surface area contributed by atoms with E-state index in [1.54, 1.807) is 11.3 Å². The van der Waals surface area contributed by atoms with Crippen molar-refractivity contribution in [1.29, 1.82) is 0 Å². The molecular weight excluding hydrogens is 178 g/mol. The lowest BCUT2D eigenvalue weighted by atomic mass is 10.1. The number of nitrogens with one attached hydrogen (secondary N) is 1. The molecule has 2 heteroatoms. The third-order valence-corrected chi connectivity index (χ3v) is 3.03. The van der Waals surface area contributed by atoms with E-state index in [1.807, 2.05) is 7.05 Å². The van der Waals surface area contributed by atoms with Gasteiger partial charge in [-0.05, 0) is 31.3 Å². The Morgan fingerprint density at radius 3 is 3.08 bits per heavy atom. The van der Waals surface area contributed by atoms with E-state index < -0.39 is 0 Å². The molecule has 1 nitrogen and oxygen atoms in total. The molecule has 1 unspecified atom stereocenters.